The average Bonchev–Trinajstić information content (AvgIpc) is 2.81. The van der Waals surface area contributed by atoms with Crippen LogP contribution >= 0.6 is 11.6 Å². The number of alkyl halides is 2. The molecule has 1 fully saturated rings. The first kappa shape index (κ1) is 26.5. The first-order valence-electron chi connectivity index (χ1n) is 11.6. The van der Waals surface area contributed by atoms with Gasteiger partial charge in [-0.2, -0.15) is 13.5 Å². The molecule has 1 heterocycles. The predicted molar refractivity (Wildman–Crippen MR) is 129 cm³/mol. The van der Waals surface area contributed by atoms with E-state index < -0.39 is 30.1 Å². The number of pyridine rings is 1. The Balaban J connectivity index is 1.66. The first-order valence-corrected chi connectivity index (χ1v) is 12.0. The van der Waals surface area contributed by atoms with Crippen LogP contribution in [0.3, 0.4) is 0 Å². The normalized spacial score (nSPS) is 14.3. The van der Waals surface area contributed by atoms with Crippen molar-refractivity contribution >= 4 is 23.4 Å². The maximum Gasteiger partial charge on any atom is 0.387 e. The monoisotopic (exact) mass is 533 g/mol. The molecule has 1 aliphatic rings. The van der Waals surface area contributed by atoms with Gasteiger partial charge in [-0.1, -0.05) is 43.0 Å². The van der Waals surface area contributed by atoms with Crippen molar-refractivity contribution in [1.29, 1.82) is 0 Å². The van der Waals surface area contributed by atoms with Crippen LogP contribution in [0.1, 0.15) is 53.2 Å². The summed E-state index contributed by atoms with van der Waals surface area (Å²) >= 11 is 5.84. The van der Waals surface area contributed by atoms with Crippen LogP contribution in [0.2, 0.25) is 5.02 Å². The zero-order valence-corrected chi connectivity index (χ0v) is 20.3. The van der Waals surface area contributed by atoms with Gasteiger partial charge >= 0.3 is 12.6 Å². The molecule has 0 aliphatic heterocycles. The van der Waals surface area contributed by atoms with Crippen LogP contribution in [0.25, 0.3) is 11.1 Å². The third kappa shape index (κ3) is 6.05. The average molecular weight is 534 g/mol. The Labute approximate surface area is 215 Å². The molecule has 1 N–H and O–H groups in total. The summed E-state index contributed by atoms with van der Waals surface area (Å²) in [6.07, 6.45) is 4.39. The molecule has 2 aromatic carbocycles. The molecular weight excluding hydrogens is 511 g/mol. The zero-order valence-electron chi connectivity index (χ0n) is 19.5. The van der Waals surface area contributed by atoms with E-state index in [-0.39, 0.29) is 45.5 Å². The van der Waals surface area contributed by atoms with Crippen molar-refractivity contribution in [3.8, 4) is 16.9 Å². The number of carboxylic acid groups (broad SMARTS) is 1. The van der Waals surface area contributed by atoms with Gasteiger partial charge in [0.15, 0.2) is 17.8 Å². The van der Waals surface area contributed by atoms with Gasteiger partial charge in [-0.25, -0.2) is 9.18 Å². The molecule has 0 amide bonds. The van der Waals surface area contributed by atoms with E-state index in [1.165, 1.54) is 24.3 Å². The lowest BCUT2D eigenvalue weighted by Gasteiger charge is -2.28. The van der Waals surface area contributed by atoms with Crippen molar-refractivity contribution in [2.45, 2.75) is 44.6 Å². The maximum atomic E-state index is 14.8. The number of Topliss-reactive ketones (excluding diaryl/α,β-unsaturated/α-hetero) is 1. The van der Waals surface area contributed by atoms with Crippen molar-refractivity contribution in [3.63, 3.8) is 0 Å². The highest BCUT2D eigenvalue weighted by molar-refractivity contribution is 6.31. The number of ketones is 1. The second-order valence-electron chi connectivity index (χ2n) is 9.01. The lowest BCUT2D eigenvalue weighted by Crippen LogP contribution is -2.37. The number of hydrogen-bond donors (Lipinski definition) is 1. The standard InChI is InChI=1S/C27H23ClF3NO5/c28-20-9-11-23(37-27(30)31)24(25(20)29)18-8-10-21(32(36)14-18)19(12-15-2-1-3-15)22(33)13-16-4-6-17(7-5-16)26(34)35/h4-11,14-15,19,27H,1-3,12-13H2,(H,34,35). The molecule has 0 saturated heterocycles. The van der Waals surface area contributed by atoms with Crippen molar-refractivity contribution < 1.29 is 37.3 Å². The van der Waals surface area contributed by atoms with E-state index in [1.54, 1.807) is 12.1 Å². The number of rotatable bonds is 10. The van der Waals surface area contributed by atoms with Crippen LogP contribution in [0.4, 0.5) is 13.2 Å². The highest BCUT2D eigenvalue weighted by Crippen LogP contribution is 2.39. The van der Waals surface area contributed by atoms with Crippen LogP contribution in [-0.4, -0.2) is 23.5 Å². The molecule has 0 spiro atoms. The Kier molecular flexibility index (Phi) is 8.02. The predicted octanol–water partition coefficient (Wildman–Crippen LogP) is 6.16. The summed E-state index contributed by atoms with van der Waals surface area (Å²) in [6, 6.07) is 10.9. The number of aromatic carboxylic acids is 1. The largest absolute Gasteiger partial charge is 0.618 e. The fraction of sp³-hybridized carbons (Fsp3) is 0.296. The van der Waals surface area contributed by atoms with Gasteiger partial charge in [-0.3, -0.25) is 4.79 Å². The number of carboxylic acids is 1. The second kappa shape index (κ2) is 11.2. The molecule has 1 atom stereocenters. The molecule has 37 heavy (non-hydrogen) atoms. The van der Waals surface area contributed by atoms with Crippen LogP contribution in [-0.2, 0) is 11.2 Å². The number of halogens is 4. The van der Waals surface area contributed by atoms with Crippen LogP contribution < -0.4 is 9.47 Å². The minimum absolute atomic E-state index is 0.00562. The minimum atomic E-state index is -3.22. The fourth-order valence-electron chi connectivity index (χ4n) is 4.47. The van der Waals surface area contributed by atoms with Gasteiger partial charge in [0.05, 0.1) is 21.7 Å². The van der Waals surface area contributed by atoms with Crippen molar-refractivity contribution in [2.24, 2.45) is 5.92 Å². The summed E-state index contributed by atoms with van der Waals surface area (Å²) in [5.41, 5.74) is 0.440. The fourth-order valence-corrected chi connectivity index (χ4v) is 4.63. The molecule has 1 unspecified atom stereocenters. The molecular formula is C27H23ClF3NO5. The lowest BCUT2D eigenvalue weighted by atomic mass is 9.76. The van der Waals surface area contributed by atoms with Gasteiger partial charge < -0.3 is 15.1 Å². The Morgan fingerprint density at radius 1 is 1.11 bits per heavy atom. The second-order valence-corrected chi connectivity index (χ2v) is 9.42. The zero-order chi connectivity index (χ0) is 26.7. The molecule has 4 rings (SSSR count). The number of hydrogen-bond acceptors (Lipinski definition) is 4. The van der Waals surface area contributed by atoms with Gasteiger partial charge in [0.2, 0.25) is 5.69 Å². The number of ether oxygens (including phenoxy) is 1. The molecule has 1 aromatic heterocycles. The number of aromatic nitrogens is 1. The molecule has 3 aromatic rings. The van der Waals surface area contributed by atoms with Crippen LogP contribution in [0.15, 0.2) is 54.7 Å². The van der Waals surface area contributed by atoms with E-state index in [2.05, 4.69) is 4.74 Å². The summed E-state index contributed by atoms with van der Waals surface area (Å²) in [5, 5.41) is 21.8. The Bertz CT molecular complexity index is 1310. The number of carbonyl (C=O) groups is 2. The van der Waals surface area contributed by atoms with E-state index in [0.29, 0.717) is 16.7 Å². The van der Waals surface area contributed by atoms with Gasteiger partial charge in [0, 0.05) is 12.5 Å². The van der Waals surface area contributed by atoms with Crippen LogP contribution in [0.5, 0.6) is 5.75 Å². The lowest BCUT2D eigenvalue weighted by molar-refractivity contribution is -0.614. The molecule has 194 valence electrons. The number of nitrogens with zero attached hydrogens (tertiary/aromatic N) is 1. The van der Waals surface area contributed by atoms with Gasteiger partial charge in [0.25, 0.3) is 0 Å². The van der Waals surface area contributed by atoms with Crippen molar-refractivity contribution in [1.82, 2.24) is 0 Å². The Hall–Kier alpha value is -3.59. The van der Waals surface area contributed by atoms with Crippen LogP contribution in [0, 0.1) is 16.9 Å². The van der Waals surface area contributed by atoms with Gasteiger partial charge in [-0.15, -0.1) is 0 Å². The molecule has 1 aliphatic carbocycles. The third-order valence-corrected chi connectivity index (χ3v) is 6.92. The van der Waals surface area contributed by atoms with Crippen molar-refractivity contribution in [2.75, 3.05) is 0 Å². The Morgan fingerprint density at radius 2 is 1.81 bits per heavy atom. The first-order chi connectivity index (χ1) is 17.6. The summed E-state index contributed by atoms with van der Waals surface area (Å²) < 4.78 is 45.4. The highest BCUT2D eigenvalue weighted by Gasteiger charge is 2.33. The number of benzene rings is 2. The SMILES string of the molecule is O=C(O)c1ccc(CC(=O)C(CC2CCC2)c2ccc(-c3c(OC(F)F)ccc(Cl)c3F)c[n+]2[O-])cc1. The number of carbonyl (C=O) groups excluding carboxylic acids is 1. The molecule has 1 saturated carbocycles. The van der Waals surface area contributed by atoms with Gasteiger partial charge in [0.1, 0.15) is 11.7 Å². The quantitative estimate of drug-likeness (QED) is 0.249. The summed E-state index contributed by atoms with van der Waals surface area (Å²) in [6.45, 7) is -3.22. The van der Waals surface area contributed by atoms with Gasteiger partial charge in [-0.05, 0) is 48.2 Å². The van der Waals surface area contributed by atoms with E-state index in [0.717, 1.165) is 37.6 Å². The van der Waals surface area contributed by atoms with E-state index in [4.69, 9.17) is 16.7 Å². The molecule has 6 nitrogen and oxygen atoms in total. The van der Waals surface area contributed by atoms with E-state index in [9.17, 15) is 28.0 Å². The molecule has 10 heteroatoms. The third-order valence-electron chi connectivity index (χ3n) is 6.62. The maximum absolute atomic E-state index is 14.8. The summed E-state index contributed by atoms with van der Waals surface area (Å²) in [4.78, 5) is 24.4. The van der Waals surface area contributed by atoms with E-state index in [1.807, 2.05) is 0 Å². The topological polar surface area (TPSA) is 90.5 Å². The van der Waals surface area contributed by atoms with E-state index >= 15 is 0 Å². The summed E-state index contributed by atoms with van der Waals surface area (Å²) in [7, 11) is 0. The Morgan fingerprint density at radius 3 is 2.38 bits per heavy atom. The highest BCUT2D eigenvalue weighted by atomic mass is 35.5. The molecule has 0 radical (unpaired) electrons. The smallest absolute Gasteiger partial charge is 0.387 e. The minimum Gasteiger partial charge on any atom is -0.618 e. The molecule has 0 bridgehead atoms. The summed E-state index contributed by atoms with van der Waals surface area (Å²) in [5.74, 6) is -3.26. The van der Waals surface area contributed by atoms with Crippen molar-refractivity contribution in [3.05, 3.63) is 87.6 Å².